The Morgan fingerprint density at radius 1 is 1.33 bits per heavy atom. The van der Waals surface area contributed by atoms with Crippen molar-refractivity contribution >= 4 is 11.9 Å². The number of benzene rings is 1. The van der Waals surface area contributed by atoms with Gasteiger partial charge in [0.25, 0.3) is 0 Å². The number of carbonyl (C=O) groups is 2. The molecule has 5 heteroatoms. The van der Waals surface area contributed by atoms with Gasteiger partial charge in [-0.05, 0) is 31.4 Å². The molecule has 0 saturated carbocycles. The first-order chi connectivity index (χ1) is 10.1. The molecule has 0 aliphatic carbocycles. The zero-order valence-electron chi connectivity index (χ0n) is 12.5. The molecule has 0 spiro atoms. The molecule has 1 atom stereocenters. The van der Waals surface area contributed by atoms with Crippen LogP contribution < -0.4 is 10.1 Å². The average Bonchev–Trinajstić information content (AvgIpc) is 2.85. The summed E-state index contributed by atoms with van der Waals surface area (Å²) in [5, 5.41) is 2.76. The summed E-state index contributed by atoms with van der Waals surface area (Å²) in [6.07, 6.45) is 1.44. The average molecular weight is 291 g/mol. The minimum atomic E-state index is -0.303. The Morgan fingerprint density at radius 3 is 2.67 bits per heavy atom. The molecule has 1 fully saturated rings. The first kappa shape index (κ1) is 15.4. The molecule has 1 heterocycles. The fraction of sp³-hybridized carbons (Fsp3) is 0.500. The number of nitrogens with one attached hydrogen (secondary N) is 1. The first-order valence-electron chi connectivity index (χ1n) is 7.20. The molecule has 1 aliphatic rings. The molecule has 114 valence electrons. The van der Waals surface area contributed by atoms with Crippen molar-refractivity contribution in [2.75, 3.05) is 13.2 Å². The largest absolute Gasteiger partial charge is 0.492 e. The summed E-state index contributed by atoms with van der Waals surface area (Å²) in [4.78, 5) is 22.6. The Balaban J connectivity index is 1.68. The van der Waals surface area contributed by atoms with Crippen molar-refractivity contribution in [3.8, 4) is 5.75 Å². The summed E-state index contributed by atoms with van der Waals surface area (Å²) in [7, 11) is 0. The number of rotatable bonds is 6. The third-order valence-electron chi connectivity index (χ3n) is 3.49. The maximum absolute atomic E-state index is 11.6. The van der Waals surface area contributed by atoms with Crippen molar-refractivity contribution in [3.05, 3.63) is 29.3 Å². The van der Waals surface area contributed by atoms with Gasteiger partial charge >= 0.3 is 5.97 Å². The quantitative estimate of drug-likeness (QED) is 0.813. The Morgan fingerprint density at radius 2 is 2.05 bits per heavy atom. The topological polar surface area (TPSA) is 64.6 Å². The van der Waals surface area contributed by atoms with E-state index in [2.05, 4.69) is 5.32 Å². The van der Waals surface area contributed by atoms with Gasteiger partial charge in [-0.3, -0.25) is 9.59 Å². The van der Waals surface area contributed by atoms with Gasteiger partial charge in [0.05, 0.1) is 19.1 Å². The van der Waals surface area contributed by atoms with Crippen LogP contribution in [-0.4, -0.2) is 31.1 Å². The van der Waals surface area contributed by atoms with E-state index in [0.717, 1.165) is 23.3 Å². The SMILES string of the molecule is Cc1cccc(C)c1OCCC(=O)OCC1CCC(=O)N1. The van der Waals surface area contributed by atoms with Crippen molar-refractivity contribution in [1.29, 1.82) is 0 Å². The molecule has 2 rings (SSSR count). The van der Waals surface area contributed by atoms with Gasteiger partial charge in [-0.25, -0.2) is 0 Å². The van der Waals surface area contributed by atoms with E-state index in [1.54, 1.807) is 0 Å². The maximum Gasteiger partial charge on any atom is 0.309 e. The molecule has 5 nitrogen and oxygen atoms in total. The third-order valence-corrected chi connectivity index (χ3v) is 3.49. The number of hydrogen-bond acceptors (Lipinski definition) is 4. The van der Waals surface area contributed by atoms with E-state index in [4.69, 9.17) is 9.47 Å². The Bertz CT molecular complexity index is 507. The third kappa shape index (κ3) is 4.48. The van der Waals surface area contributed by atoms with Crippen LogP contribution in [0, 0.1) is 13.8 Å². The highest BCUT2D eigenvalue weighted by molar-refractivity contribution is 5.78. The lowest BCUT2D eigenvalue weighted by molar-refractivity contribution is -0.145. The van der Waals surface area contributed by atoms with Crippen LogP contribution in [0.25, 0.3) is 0 Å². The van der Waals surface area contributed by atoms with E-state index in [1.807, 2.05) is 32.0 Å². The molecule has 0 bridgehead atoms. The summed E-state index contributed by atoms with van der Waals surface area (Å²) in [6, 6.07) is 5.88. The van der Waals surface area contributed by atoms with Gasteiger partial charge in [0.1, 0.15) is 12.4 Å². The van der Waals surface area contributed by atoms with Crippen molar-refractivity contribution in [3.63, 3.8) is 0 Å². The number of para-hydroxylation sites is 1. The second kappa shape index (κ2) is 7.11. The van der Waals surface area contributed by atoms with Crippen LogP contribution in [0.2, 0.25) is 0 Å². The number of ether oxygens (including phenoxy) is 2. The van der Waals surface area contributed by atoms with Crippen molar-refractivity contribution in [2.45, 2.75) is 39.2 Å². The zero-order chi connectivity index (χ0) is 15.2. The minimum Gasteiger partial charge on any atom is -0.492 e. The molecule has 1 saturated heterocycles. The molecular weight excluding hydrogens is 270 g/mol. The van der Waals surface area contributed by atoms with E-state index < -0.39 is 0 Å². The lowest BCUT2D eigenvalue weighted by Gasteiger charge is -2.13. The number of carbonyl (C=O) groups excluding carboxylic acids is 2. The fourth-order valence-corrected chi connectivity index (χ4v) is 2.33. The first-order valence-corrected chi connectivity index (χ1v) is 7.20. The highest BCUT2D eigenvalue weighted by Crippen LogP contribution is 2.22. The van der Waals surface area contributed by atoms with Crippen LogP contribution in [0.3, 0.4) is 0 Å². The molecule has 0 radical (unpaired) electrons. The standard InChI is InChI=1S/C16H21NO4/c1-11-4-3-5-12(2)16(11)20-9-8-15(19)21-10-13-6-7-14(18)17-13/h3-5,13H,6-10H2,1-2H3,(H,17,18). The van der Waals surface area contributed by atoms with E-state index >= 15 is 0 Å². The summed E-state index contributed by atoms with van der Waals surface area (Å²) < 4.78 is 10.8. The number of hydrogen-bond donors (Lipinski definition) is 1. The van der Waals surface area contributed by atoms with Gasteiger partial charge in [-0.15, -0.1) is 0 Å². The van der Waals surface area contributed by atoms with Gasteiger partial charge in [0, 0.05) is 6.42 Å². The smallest absolute Gasteiger partial charge is 0.309 e. The summed E-state index contributed by atoms with van der Waals surface area (Å²) in [6.45, 7) is 4.49. The van der Waals surface area contributed by atoms with Gasteiger partial charge in [-0.2, -0.15) is 0 Å². The van der Waals surface area contributed by atoms with Crippen LogP contribution in [0.15, 0.2) is 18.2 Å². The van der Waals surface area contributed by atoms with Crippen LogP contribution in [0.4, 0.5) is 0 Å². The van der Waals surface area contributed by atoms with E-state index in [-0.39, 0.29) is 30.9 Å². The molecule has 1 aromatic rings. The van der Waals surface area contributed by atoms with Gasteiger partial charge < -0.3 is 14.8 Å². The predicted octanol–water partition coefficient (Wildman–Crippen LogP) is 1.89. The van der Waals surface area contributed by atoms with Gasteiger partial charge in [-0.1, -0.05) is 18.2 Å². The van der Waals surface area contributed by atoms with E-state index in [0.29, 0.717) is 13.0 Å². The van der Waals surface area contributed by atoms with Crippen molar-refractivity contribution in [1.82, 2.24) is 5.32 Å². The monoisotopic (exact) mass is 291 g/mol. The molecule has 0 aromatic heterocycles. The summed E-state index contributed by atoms with van der Waals surface area (Å²) in [5.74, 6) is 0.546. The molecule has 1 N–H and O–H groups in total. The summed E-state index contributed by atoms with van der Waals surface area (Å²) >= 11 is 0. The molecule has 1 unspecified atom stereocenters. The van der Waals surface area contributed by atoms with Crippen LogP contribution in [0.5, 0.6) is 5.75 Å². The Kier molecular flexibility index (Phi) is 5.20. The molecular formula is C16H21NO4. The highest BCUT2D eigenvalue weighted by Gasteiger charge is 2.21. The second-order valence-corrected chi connectivity index (χ2v) is 5.31. The number of esters is 1. The highest BCUT2D eigenvalue weighted by atomic mass is 16.5. The van der Waals surface area contributed by atoms with Crippen LogP contribution in [-0.2, 0) is 14.3 Å². The van der Waals surface area contributed by atoms with Crippen molar-refractivity contribution in [2.24, 2.45) is 0 Å². The zero-order valence-corrected chi connectivity index (χ0v) is 12.5. The number of aryl methyl sites for hydroxylation is 2. The van der Waals surface area contributed by atoms with Crippen LogP contribution >= 0.6 is 0 Å². The van der Waals surface area contributed by atoms with Crippen molar-refractivity contribution < 1.29 is 19.1 Å². The normalized spacial score (nSPS) is 17.4. The minimum absolute atomic E-state index is 0.0226. The molecule has 21 heavy (non-hydrogen) atoms. The van der Waals surface area contributed by atoms with Gasteiger partial charge in [0.15, 0.2) is 0 Å². The Hall–Kier alpha value is -2.04. The van der Waals surface area contributed by atoms with Crippen LogP contribution in [0.1, 0.15) is 30.4 Å². The lowest BCUT2D eigenvalue weighted by atomic mass is 10.1. The fourth-order valence-electron chi connectivity index (χ4n) is 2.33. The lowest BCUT2D eigenvalue weighted by Crippen LogP contribution is -2.30. The Labute approximate surface area is 124 Å². The number of amides is 1. The molecule has 1 aliphatic heterocycles. The van der Waals surface area contributed by atoms with E-state index in [1.165, 1.54) is 0 Å². The molecule has 1 aromatic carbocycles. The van der Waals surface area contributed by atoms with E-state index in [9.17, 15) is 9.59 Å². The maximum atomic E-state index is 11.6. The summed E-state index contributed by atoms with van der Waals surface area (Å²) in [5.41, 5.74) is 2.11. The predicted molar refractivity (Wildman–Crippen MR) is 78.2 cm³/mol. The van der Waals surface area contributed by atoms with Gasteiger partial charge in [0.2, 0.25) is 5.91 Å². The second-order valence-electron chi connectivity index (χ2n) is 5.31. The molecule has 1 amide bonds.